The van der Waals surface area contributed by atoms with Crippen LogP contribution in [-0.4, -0.2) is 18.7 Å². The largest absolute Gasteiger partial charge is 0.446 e. The molecule has 0 aliphatic heterocycles. The zero-order valence-electron chi connectivity index (χ0n) is 23.1. The van der Waals surface area contributed by atoms with Crippen LogP contribution in [0.1, 0.15) is 119 Å². The van der Waals surface area contributed by atoms with Gasteiger partial charge in [0.25, 0.3) is 0 Å². The first kappa shape index (κ1) is 26.1. The molecule has 3 heteroatoms. The van der Waals surface area contributed by atoms with Crippen molar-refractivity contribution in [3.8, 4) is 0 Å². The Balaban J connectivity index is 1.41. The second kappa shape index (κ2) is 10.6. The SMILES string of the molecule is CCCNC(=O)O[C@H]1CC[C@@]2(C)C(=CC[C@H]3C4CC[C@H]([C@H](C)CCCC(C)C)[C@@]4(C)CC[C@@H]32)C1. The van der Waals surface area contributed by atoms with Gasteiger partial charge in [-0.25, -0.2) is 4.79 Å². The van der Waals surface area contributed by atoms with Crippen LogP contribution in [0.5, 0.6) is 0 Å². The quantitative estimate of drug-likeness (QED) is 0.360. The fourth-order valence-corrected chi connectivity index (χ4v) is 9.17. The molecular weight excluding hydrogens is 418 g/mol. The van der Waals surface area contributed by atoms with Crippen LogP contribution in [0.3, 0.4) is 0 Å². The third kappa shape index (κ3) is 4.96. The maximum atomic E-state index is 12.1. The van der Waals surface area contributed by atoms with Crippen LogP contribution in [0.25, 0.3) is 0 Å². The Kier molecular flexibility index (Phi) is 8.10. The van der Waals surface area contributed by atoms with Gasteiger partial charge in [-0.2, -0.15) is 0 Å². The van der Waals surface area contributed by atoms with Crippen molar-refractivity contribution in [1.29, 1.82) is 0 Å². The highest BCUT2D eigenvalue weighted by molar-refractivity contribution is 5.67. The first-order valence-electron chi connectivity index (χ1n) is 14.8. The summed E-state index contributed by atoms with van der Waals surface area (Å²) >= 11 is 0. The zero-order chi connectivity index (χ0) is 24.5. The summed E-state index contributed by atoms with van der Waals surface area (Å²) < 4.78 is 5.81. The van der Waals surface area contributed by atoms with E-state index in [4.69, 9.17) is 4.74 Å². The summed E-state index contributed by atoms with van der Waals surface area (Å²) in [5, 5.41) is 2.89. The maximum absolute atomic E-state index is 12.1. The normalized spacial score (nSPS) is 40.1. The number of fused-ring (bicyclic) bond motifs is 5. The molecule has 34 heavy (non-hydrogen) atoms. The van der Waals surface area contributed by atoms with Gasteiger partial charge in [-0.05, 0) is 97.7 Å². The molecule has 3 nitrogen and oxygen atoms in total. The Morgan fingerprint density at radius 2 is 1.88 bits per heavy atom. The van der Waals surface area contributed by atoms with E-state index in [0.717, 1.165) is 54.8 Å². The Morgan fingerprint density at radius 3 is 2.62 bits per heavy atom. The zero-order valence-corrected chi connectivity index (χ0v) is 23.1. The van der Waals surface area contributed by atoms with E-state index in [1.807, 2.05) is 0 Å². The highest BCUT2D eigenvalue weighted by atomic mass is 16.6. The highest BCUT2D eigenvalue weighted by Crippen LogP contribution is 2.67. The van der Waals surface area contributed by atoms with Crippen molar-refractivity contribution in [3.63, 3.8) is 0 Å². The van der Waals surface area contributed by atoms with Gasteiger partial charge < -0.3 is 10.1 Å². The molecule has 4 rings (SSSR count). The second-order valence-corrected chi connectivity index (χ2v) is 13.5. The van der Waals surface area contributed by atoms with E-state index in [2.05, 4.69) is 52.9 Å². The molecule has 3 saturated carbocycles. The molecule has 0 spiro atoms. The van der Waals surface area contributed by atoms with Gasteiger partial charge >= 0.3 is 6.09 Å². The molecule has 0 radical (unpaired) electrons. The topological polar surface area (TPSA) is 38.3 Å². The van der Waals surface area contributed by atoms with Crippen LogP contribution in [-0.2, 0) is 4.74 Å². The molecule has 194 valence electrons. The van der Waals surface area contributed by atoms with Crippen molar-refractivity contribution in [1.82, 2.24) is 5.32 Å². The third-order valence-corrected chi connectivity index (χ3v) is 11.1. The van der Waals surface area contributed by atoms with E-state index < -0.39 is 0 Å². The number of carbonyl (C=O) groups is 1. The minimum atomic E-state index is -0.224. The predicted molar refractivity (Wildman–Crippen MR) is 142 cm³/mol. The summed E-state index contributed by atoms with van der Waals surface area (Å²) in [6, 6.07) is 0. The average Bonchev–Trinajstić information content (AvgIpc) is 3.15. The maximum Gasteiger partial charge on any atom is 0.407 e. The molecule has 3 fully saturated rings. The fraction of sp³-hybridized carbons (Fsp3) is 0.903. The van der Waals surface area contributed by atoms with Gasteiger partial charge in [0, 0.05) is 13.0 Å². The van der Waals surface area contributed by atoms with Crippen LogP contribution in [0.15, 0.2) is 11.6 Å². The number of amides is 1. The molecule has 0 saturated heterocycles. The van der Waals surface area contributed by atoms with Crippen molar-refractivity contribution in [2.45, 2.75) is 125 Å². The fourth-order valence-electron chi connectivity index (χ4n) is 9.17. The van der Waals surface area contributed by atoms with Crippen molar-refractivity contribution >= 4 is 6.09 Å². The minimum absolute atomic E-state index is 0.0594. The summed E-state index contributed by atoms with van der Waals surface area (Å²) in [5.41, 5.74) is 2.48. The second-order valence-electron chi connectivity index (χ2n) is 13.5. The monoisotopic (exact) mass is 471 g/mol. The number of nitrogens with one attached hydrogen (secondary N) is 1. The first-order valence-corrected chi connectivity index (χ1v) is 14.8. The summed E-state index contributed by atoms with van der Waals surface area (Å²) in [5.74, 6) is 5.25. The van der Waals surface area contributed by atoms with E-state index in [-0.39, 0.29) is 12.2 Å². The van der Waals surface area contributed by atoms with E-state index in [9.17, 15) is 4.79 Å². The molecule has 8 atom stereocenters. The molecular formula is C31H53NO2. The summed E-state index contributed by atoms with van der Waals surface area (Å²) in [6.45, 7) is 15.3. The van der Waals surface area contributed by atoms with Crippen molar-refractivity contribution in [3.05, 3.63) is 11.6 Å². The summed E-state index contributed by atoms with van der Waals surface area (Å²) in [4.78, 5) is 12.1. The van der Waals surface area contributed by atoms with Gasteiger partial charge in [0.15, 0.2) is 0 Å². The lowest BCUT2D eigenvalue weighted by Crippen LogP contribution is -2.51. The molecule has 1 N–H and O–H groups in total. The minimum Gasteiger partial charge on any atom is -0.446 e. The van der Waals surface area contributed by atoms with Gasteiger partial charge in [0.2, 0.25) is 0 Å². The lowest BCUT2D eigenvalue weighted by atomic mass is 9.47. The van der Waals surface area contributed by atoms with Gasteiger partial charge in [-0.15, -0.1) is 0 Å². The molecule has 0 aromatic heterocycles. The van der Waals surface area contributed by atoms with Gasteiger partial charge in [0.1, 0.15) is 6.10 Å². The lowest BCUT2D eigenvalue weighted by Gasteiger charge is -2.58. The van der Waals surface area contributed by atoms with Crippen LogP contribution in [0.2, 0.25) is 0 Å². The molecule has 0 bridgehead atoms. The Bertz CT molecular complexity index is 744. The van der Waals surface area contributed by atoms with E-state index >= 15 is 0 Å². The number of ether oxygens (including phenoxy) is 1. The number of alkyl carbamates (subject to hydrolysis) is 1. The number of allylic oxidation sites excluding steroid dienone is 1. The molecule has 0 aromatic rings. The smallest absolute Gasteiger partial charge is 0.407 e. The number of carbonyl (C=O) groups excluding carboxylic acids is 1. The molecule has 0 heterocycles. The van der Waals surface area contributed by atoms with Gasteiger partial charge in [-0.1, -0.05) is 72.5 Å². The molecule has 0 aromatic carbocycles. The summed E-state index contributed by atoms with van der Waals surface area (Å²) in [7, 11) is 0. The highest BCUT2D eigenvalue weighted by Gasteiger charge is 2.59. The van der Waals surface area contributed by atoms with Crippen LogP contribution in [0.4, 0.5) is 4.79 Å². The Morgan fingerprint density at radius 1 is 1.09 bits per heavy atom. The third-order valence-electron chi connectivity index (χ3n) is 11.1. The first-order chi connectivity index (χ1) is 16.2. The van der Waals surface area contributed by atoms with Crippen molar-refractivity contribution in [2.24, 2.45) is 46.3 Å². The van der Waals surface area contributed by atoms with Crippen LogP contribution >= 0.6 is 0 Å². The Hall–Kier alpha value is -0.990. The standard InChI is InChI=1S/C31H53NO2/c1-7-19-32-29(33)34-24-15-17-30(5)23(20-24)11-12-25-27-14-13-26(22(4)10-8-9-21(2)3)31(27,6)18-16-28(25)30/h11,21-22,24-28H,7-10,12-20H2,1-6H3,(H,32,33)/t22-,24+,25+,26-,27?,28+,30+,31-/m1/s1. The van der Waals surface area contributed by atoms with Gasteiger partial charge in [-0.3, -0.25) is 0 Å². The van der Waals surface area contributed by atoms with Gasteiger partial charge in [0.05, 0.1) is 0 Å². The van der Waals surface area contributed by atoms with E-state index in [1.165, 1.54) is 57.8 Å². The number of hydrogen-bond donors (Lipinski definition) is 1. The lowest BCUT2D eigenvalue weighted by molar-refractivity contribution is -0.0581. The molecule has 1 unspecified atom stereocenters. The molecule has 4 aliphatic rings. The predicted octanol–water partition coefficient (Wildman–Crippen LogP) is 8.53. The molecule has 1 amide bonds. The number of rotatable bonds is 8. The Labute approximate surface area is 210 Å². The van der Waals surface area contributed by atoms with Crippen molar-refractivity contribution in [2.75, 3.05) is 6.54 Å². The summed E-state index contributed by atoms with van der Waals surface area (Å²) in [6.07, 6.45) is 17.8. The number of hydrogen-bond acceptors (Lipinski definition) is 2. The average molecular weight is 472 g/mol. The van der Waals surface area contributed by atoms with E-state index in [0.29, 0.717) is 17.4 Å². The van der Waals surface area contributed by atoms with E-state index in [1.54, 1.807) is 5.57 Å². The van der Waals surface area contributed by atoms with Crippen LogP contribution in [0, 0.1) is 46.3 Å². The van der Waals surface area contributed by atoms with Crippen LogP contribution < -0.4 is 5.32 Å². The molecule has 4 aliphatic carbocycles. The van der Waals surface area contributed by atoms with Crippen molar-refractivity contribution < 1.29 is 9.53 Å².